The van der Waals surface area contributed by atoms with E-state index in [1.54, 1.807) is 13.1 Å². The number of nitrogens with zero attached hydrogens (tertiary/aromatic N) is 1. The summed E-state index contributed by atoms with van der Waals surface area (Å²) in [6, 6.07) is 1.68. The molecule has 1 aromatic heterocycles. The van der Waals surface area contributed by atoms with Crippen molar-refractivity contribution in [1.82, 2.24) is 9.97 Å². The molecule has 0 aliphatic carbocycles. The first-order valence-electron chi connectivity index (χ1n) is 2.70. The fourth-order valence-electron chi connectivity index (χ4n) is 0.563. The van der Waals surface area contributed by atoms with Crippen LogP contribution in [-0.4, -0.2) is 17.0 Å². The van der Waals surface area contributed by atoms with Gasteiger partial charge >= 0.3 is 0 Å². The highest BCUT2D eigenvalue weighted by Crippen LogP contribution is 2.04. The van der Waals surface area contributed by atoms with Crippen molar-refractivity contribution in [3.63, 3.8) is 0 Å². The molecule has 0 unspecified atom stereocenters. The van der Waals surface area contributed by atoms with E-state index in [-0.39, 0.29) is 0 Å². The molecule has 0 bridgehead atoms. The van der Waals surface area contributed by atoms with Crippen LogP contribution in [0.2, 0.25) is 0 Å². The zero-order valence-electron chi connectivity index (χ0n) is 5.38. The molecule has 0 aliphatic rings. The molecule has 0 saturated heterocycles. The van der Waals surface area contributed by atoms with Crippen molar-refractivity contribution in [3.8, 4) is 0 Å². The monoisotopic (exact) mass is 173 g/mol. The molecule has 0 aliphatic heterocycles. The molecule has 2 N–H and O–H groups in total. The van der Waals surface area contributed by atoms with Crippen LogP contribution >= 0.6 is 24.8 Å². The van der Waals surface area contributed by atoms with Crippen LogP contribution in [0.25, 0.3) is 0 Å². The Balaban J connectivity index is 3.19. The van der Waals surface area contributed by atoms with Crippen molar-refractivity contribution in [1.29, 1.82) is 0 Å². The predicted octanol–water partition coefficient (Wildman–Crippen LogP) is 1.47. The van der Waals surface area contributed by atoms with Gasteiger partial charge in [-0.05, 0) is 0 Å². The fraction of sp³-hybridized carbons (Fsp3) is 0.200. The van der Waals surface area contributed by atoms with E-state index in [9.17, 15) is 0 Å². The fourth-order valence-corrected chi connectivity index (χ4v) is 1.09. The minimum absolute atomic E-state index is 0.619. The van der Waals surface area contributed by atoms with E-state index in [0.29, 0.717) is 15.6 Å². The van der Waals surface area contributed by atoms with Crippen molar-refractivity contribution in [2.45, 2.75) is 5.03 Å². The van der Waals surface area contributed by atoms with E-state index < -0.39 is 0 Å². The van der Waals surface area contributed by atoms with E-state index in [1.807, 2.05) is 0 Å². The summed E-state index contributed by atoms with van der Waals surface area (Å²) in [5, 5.41) is 3.44. The molecule has 54 valence electrons. The molecule has 1 heterocycles. The maximum absolute atomic E-state index is 4.87. The number of rotatable bonds is 1. The summed E-state index contributed by atoms with van der Waals surface area (Å²) in [5.41, 5.74) is 0. The van der Waals surface area contributed by atoms with Gasteiger partial charge in [-0.1, -0.05) is 12.2 Å². The molecule has 0 amide bonds. The van der Waals surface area contributed by atoms with Gasteiger partial charge < -0.3 is 10.3 Å². The number of aromatic nitrogens is 2. The maximum atomic E-state index is 4.87. The van der Waals surface area contributed by atoms with Crippen LogP contribution in [0.5, 0.6) is 0 Å². The lowest BCUT2D eigenvalue weighted by Crippen LogP contribution is -1.95. The predicted molar refractivity (Wildman–Crippen MR) is 46.2 cm³/mol. The van der Waals surface area contributed by atoms with Crippen molar-refractivity contribution < 1.29 is 0 Å². The number of anilines is 1. The zero-order chi connectivity index (χ0) is 7.56. The van der Waals surface area contributed by atoms with E-state index in [1.165, 1.54) is 0 Å². The Kier molecular flexibility index (Phi) is 2.29. The second-order valence-electron chi connectivity index (χ2n) is 1.70. The quantitative estimate of drug-likeness (QED) is 0.342. The highest BCUT2D eigenvalue weighted by Gasteiger charge is 1.90. The van der Waals surface area contributed by atoms with E-state index in [0.717, 1.165) is 0 Å². The maximum Gasteiger partial charge on any atom is 0.201 e. The summed E-state index contributed by atoms with van der Waals surface area (Å²) in [7, 11) is 1.76. The summed E-state index contributed by atoms with van der Waals surface area (Å²) in [6.45, 7) is 0. The third kappa shape index (κ3) is 1.71. The molecule has 0 radical (unpaired) electrons. The Morgan fingerprint density at radius 2 is 2.50 bits per heavy atom. The van der Waals surface area contributed by atoms with Crippen molar-refractivity contribution in [2.24, 2.45) is 0 Å². The normalized spacial score (nSPS) is 9.40. The molecule has 3 nitrogen and oxygen atoms in total. The summed E-state index contributed by atoms with van der Waals surface area (Å²) in [4.78, 5) is 6.82. The minimum atomic E-state index is 0.619. The van der Waals surface area contributed by atoms with Gasteiger partial charge in [-0.15, -0.1) is 12.6 Å². The molecular weight excluding hydrogens is 166 g/mol. The van der Waals surface area contributed by atoms with Gasteiger partial charge in [-0.25, -0.2) is 4.98 Å². The lowest BCUT2D eigenvalue weighted by molar-refractivity contribution is 1.04. The van der Waals surface area contributed by atoms with Gasteiger partial charge in [0, 0.05) is 13.1 Å². The molecule has 1 rings (SSSR count). The summed E-state index contributed by atoms with van der Waals surface area (Å²) in [6.07, 6.45) is 0. The topological polar surface area (TPSA) is 40.7 Å². The van der Waals surface area contributed by atoms with E-state index in [4.69, 9.17) is 12.2 Å². The van der Waals surface area contributed by atoms with Crippen LogP contribution in [-0.2, 0) is 0 Å². The van der Waals surface area contributed by atoms with Crippen LogP contribution in [0.15, 0.2) is 11.1 Å². The highest BCUT2D eigenvalue weighted by atomic mass is 32.1. The number of thiol groups is 1. The summed E-state index contributed by atoms with van der Waals surface area (Å²) in [5.74, 6) is 0.637. The van der Waals surface area contributed by atoms with E-state index in [2.05, 4.69) is 27.9 Å². The first-order chi connectivity index (χ1) is 4.72. The van der Waals surface area contributed by atoms with Gasteiger partial charge in [0.1, 0.15) is 4.64 Å². The zero-order valence-corrected chi connectivity index (χ0v) is 7.09. The van der Waals surface area contributed by atoms with Gasteiger partial charge in [0.25, 0.3) is 0 Å². The molecule has 0 fully saturated rings. The second kappa shape index (κ2) is 3.03. The minimum Gasteiger partial charge on any atom is -0.359 e. The Morgan fingerprint density at radius 3 is 3.00 bits per heavy atom. The molecular formula is C5H7N3S2. The van der Waals surface area contributed by atoms with Crippen LogP contribution < -0.4 is 5.32 Å². The molecule has 5 heteroatoms. The third-order valence-corrected chi connectivity index (χ3v) is 1.41. The molecule has 0 saturated carbocycles. The van der Waals surface area contributed by atoms with Crippen LogP contribution in [0.1, 0.15) is 0 Å². The van der Waals surface area contributed by atoms with Gasteiger partial charge in [0.05, 0.1) is 5.03 Å². The number of H-pyrrole nitrogens is 1. The lowest BCUT2D eigenvalue weighted by Gasteiger charge is -1.97. The molecule has 10 heavy (non-hydrogen) atoms. The van der Waals surface area contributed by atoms with Crippen LogP contribution in [0.3, 0.4) is 0 Å². The Bertz CT molecular complexity index is 280. The second-order valence-corrected chi connectivity index (χ2v) is 2.60. The standard InChI is InChI=1S/C5H7N3S2/c1-6-5-7-3(9)2-4(10)8-5/h2H,1H3,(H3,6,7,8,9,10). The van der Waals surface area contributed by atoms with Gasteiger partial charge in [-0.3, -0.25) is 0 Å². The number of aromatic amines is 1. The summed E-state index contributed by atoms with van der Waals surface area (Å²) >= 11 is 8.91. The molecule has 1 aromatic rings. The molecule has 0 spiro atoms. The number of nitrogens with one attached hydrogen (secondary N) is 2. The first-order valence-corrected chi connectivity index (χ1v) is 3.56. The largest absolute Gasteiger partial charge is 0.359 e. The highest BCUT2D eigenvalue weighted by molar-refractivity contribution is 7.80. The summed E-state index contributed by atoms with van der Waals surface area (Å²) < 4.78 is 0.629. The Labute approximate surface area is 69.3 Å². The Hall–Kier alpha value is -0.550. The van der Waals surface area contributed by atoms with Gasteiger partial charge in [0.2, 0.25) is 5.95 Å². The van der Waals surface area contributed by atoms with Crippen molar-refractivity contribution >= 4 is 30.8 Å². The van der Waals surface area contributed by atoms with Crippen LogP contribution in [0, 0.1) is 4.64 Å². The smallest absolute Gasteiger partial charge is 0.201 e. The third-order valence-electron chi connectivity index (χ3n) is 0.965. The van der Waals surface area contributed by atoms with E-state index >= 15 is 0 Å². The van der Waals surface area contributed by atoms with Crippen LogP contribution in [0.4, 0.5) is 5.95 Å². The van der Waals surface area contributed by atoms with Crippen molar-refractivity contribution in [3.05, 3.63) is 10.7 Å². The van der Waals surface area contributed by atoms with Gasteiger partial charge in [-0.2, -0.15) is 0 Å². The van der Waals surface area contributed by atoms with Gasteiger partial charge in [0.15, 0.2) is 0 Å². The number of hydrogen-bond donors (Lipinski definition) is 3. The number of hydrogen-bond acceptors (Lipinski definition) is 4. The first kappa shape index (κ1) is 7.56. The van der Waals surface area contributed by atoms with Crippen molar-refractivity contribution in [2.75, 3.05) is 12.4 Å². The molecule has 0 atom stereocenters. The molecule has 0 aromatic carbocycles. The average Bonchev–Trinajstić information content (AvgIpc) is 1.85. The average molecular weight is 173 g/mol. The lowest BCUT2D eigenvalue weighted by atomic mass is 10.7. The SMILES string of the molecule is CNc1nc(S)cc(=S)[nH]1. The Morgan fingerprint density at radius 1 is 1.80 bits per heavy atom.